The van der Waals surface area contributed by atoms with Crippen molar-refractivity contribution in [2.75, 3.05) is 6.26 Å². The van der Waals surface area contributed by atoms with Crippen LogP contribution in [0.2, 0.25) is 0 Å². The van der Waals surface area contributed by atoms with E-state index in [4.69, 9.17) is 0 Å². The summed E-state index contributed by atoms with van der Waals surface area (Å²) in [5.41, 5.74) is 1.09. The molecule has 2 aliphatic carbocycles. The number of hydrogen-bond donors (Lipinski definition) is 1. The molecule has 1 N–H and O–H groups in total. The third-order valence-electron chi connectivity index (χ3n) is 5.42. The summed E-state index contributed by atoms with van der Waals surface area (Å²) in [7, 11) is -2.99. The molecule has 0 radical (unpaired) electrons. The van der Waals surface area contributed by atoms with Gasteiger partial charge in [-0.15, -0.1) is 0 Å². The summed E-state index contributed by atoms with van der Waals surface area (Å²) in [5.74, 6) is 0.112. The third kappa shape index (κ3) is 2.88. The van der Waals surface area contributed by atoms with Crippen LogP contribution in [0.25, 0.3) is 0 Å². The fourth-order valence-electron chi connectivity index (χ4n) is 3.97. The van der Waals surface area contributed by atoms with Crippen molar-refractivity contribution in [3.8, 4) is 0 Å². The first kappa shape index (κ1) is 15.0. The molecule has 2 aliphatic rings. The molecule has 0 amide bonds. The van der Waals surface area contributed by atoms with Gasteiger partial charge in [-0.2, -0.15) is 0 Å². The molecule has 0 aromatic heterocycles. The summed E-state index contributed by atoms with van der Waals surface area (Å²) in [6.45, 7) is 0. The summed E-state index contributed by atoms with van der Waals surface area (Å²) in [6.07, 6.45) is 6.16. The molecule has 3 nitrogen and oxygen atoms in total. The highest BCUT2D eigenvalue weighted by Gasteiger charge is 2.53. The topological polar surface area (TPSA) is 54.4 Å². The number of aliphatic hydroxyl groups is 1. The van der Waals surface area contributed by atoms with Gasteiger partial charge in [0, 0.05) is 11.7 Å². The molecule has 1 aromatic rings. The lowest BCUT2D eigenvalue weighted by Crippen LogP contribution is -2.39. The molecular weight excluding hydrogens is 284 g/mol. The van der Waals surface area contributed by atoms with Gasteiger partial charge in [0.05, 0.1) is 11.4 Å². The lowest BCUT2D eigenvalue weighted by molar-refractivity contribution is 0.0515. The van der Waals surface area contributed by atoms with Crippen LogP contribution in [0.5, 0.6) is 0 Å². The predicted octanol–water partition coefficient (Wildman–Crippen LogP) is 2.68. The van der Waals surface area contributed by atoms with E-state index < -0.39 is 15.9 Å². The SMILES string of the molecule is CS(=O)(=O)C1CCCC(C(O)C2(c3ccccc3)CC2)C1. The zero-order chi connectivity index (χ0) is 15.1. The smallest absolute Gasteiger partial charge is 0.150 e. The Morgan fingerprint density at radius 2 is 1.86 bits per heavy atom. The normalized spacial score (nSPS) is 29.8. The Hall–Kier alpha value is -0.870. The van der Waals surface area contributed by atoms with E-state index >= 15 is 0 Å². The molecule has 21 heavy (non-hydrogen) atoms. The van der Waals surface area contributed by atoms with E-state index in [-0.39, 0.29) is 16.6 Å². The minimum Gasteiger partial charge on any atom is -0.392 e. The van der Waals surface area contributed by atoms with Crippen molar-refractivity contribution >= 4 is 9.84 Å². The summed E-state index contributed by atoms with van der Waals surface area (Å²) in [4.78, 5) is 0. The molecule has 116 valence electrons. The molecule has 0 aliphatic heterocycles. The molecule has 4 heteroatoms. The fraction of sp³-hybridized carbons (Fsp3) is 0.647. The first-order chi connectivity index (χ1) is 9.93. The lowest BCUT2D eigenvalue weighted by atomic mass is 9.76. The monoisotopic (exact) mass is 308 g/mol. The van der Waals surface area contributed by atoms with E-state index in [0.29, 0.717) is 6.42 Å². The van der Waals surface area contributed by atoms with Gasteiger partial charge in [0.25, 0.3) is 0 Å². The highest BCUT2D eigenvalue weighted by Crippen LogP contribution is 2.54. The van der Waals surface area contributed by atoms with E-state index in [1.807, 2.05) is 18.2 Å². The van der Waals surface area contributed by atoms with Gasteiger partial charge in [-0.3, -0.25) is 0 Å². The minimum absolute atomic E-state index is 0.112. The van der Waals surface area contributed by atoms with Gasteiger partial charge >= 0.3 is 0 Å². The number of hydrogen-bond acceptors (Lipinski definition) is 3. The van der Waals surface area contributed by atoms with Gasteiger partial charge in [0.1, 0.15) is 9.84 Å². The molecule has 3 atom stereocenters. The third-order valence-corrected chi connectivity index (χ3v) is 7.06. The van der Waals surface area contributed by atoms with Crippen LogP contribution in [0.1, 0.15) is 44.1 Å². The highest BCUT2D eigenvalue weighted by molar-refractivity contribution is 7.91. The maximum absolute atomic E-state index is 11.8. The largest absolute Gasteiger partial charge is 0.392 e. The molecule has 0 spiro atoms. The molecule has 3 rings (SSSR count). The second-order valence-electron chi connectivity index (χ2n) is 6.85. The van der Waals surface area contributed by atoms with Crippen molar-refractivity contribution in [1.29, 1.82) is 0 Å². The van der Waals surface area contributed by atoms with Crippen LogP contribution in [0.3, 0.4) is 0 Å². The number of aliphatic hydroxyl groups excluding tert-OH is 1. The number of benzene rings is 1. The molecule has 2 fully saturated rings. The Kier molecular flexibility index (Phi) is 3.87. The summed E-state index contributed by atoms with van der Waals surface area (Å²) >= 11 is 0. The molecule has 1 aromatic carbocycles. The van der Waals surface area contributed by atoms with E-state index in [0.717, 1.165) is 32.1 Å². The van der Waals surface area contributed by atoms with Gasteiger partial charge in [-0.1, -0.05) is 36.8 Å². The molecule has 0 saturated heterocycles. The van der Waals surface area contributed by atoms with Gasteiger partial charge in [-0.05, 0) is 43.6 Å². The zero-order valence-electron chi connectivity index (χ0n) is 12.5. The lowest BCUT2D eigenvalue weighted by Gasteiger charge is -2.35. The maximum atomic E-state index is 11.8. The van der Waals surface area contributed by atoms with Gasteiger partial charge in [0.15, 0.2) is 0 Å². The van der Waals surface area contributed by atoms with Crippen molar-refractivity contribution in [3.63, 3.8) is 0 Å². The van der Waals surface area contributed by atoms with E-state index in [9.17, 15) is 13.5 Å². The molecule has 0 bridgehead atoms. The number of rotatable bonds is 4. The molecule has 3 unspecified atom stereocenters. The maximum Gasteiger partial charge on any atom is 0.150 e. The van der Waals surface area contributed by atoms with Crippen LogP contribution in [0.15, 0.2) is 30.3 Å². The Balaban J connectivity index is 1.78. The van der Waals surface area contributed by atoms with Gasteiger partial charge < -0.3 is 5.11 Å². The average Bonchev–Trinajstić information content (AvgIpc) is 3.28. The summed E-state index contributed by atoms with van der Waals surface area (Å²) in [5, 5.41) is 10.6. The first-order valence-electron chi connectivity index (χ1n) is 7.86. The van der Waals surface area contributed by atoms with Crippen molar-refractivity contribution in [1.82, 2.24) is 0 Å². The van der Waals surface area contributed by atoms with Crippen LogP contribution in [0.4, 0.5) is 0 Å². The van der Waals surface area contributed by atoms with Crippen LogP contribution >= 0.6 is 0 Å². The van der Waals surface area contributed by atoms with Crippen molar-refractivity contribution in [2.45, 2.75) is 55.3 Å². The van der Waals surface area contributed by atoms with Crippen LogP contribution in [-0.2, 0) is 15.3 Å². The van der Waals surface area contributed by atoms with Crippen LogP contribution in [0, 0.1) is 5.92 Å². The second kappa shape index (κ2) is 5.40. The summed E-state index contributed by atoms with van der Waals surface area (Å²) in [6, 6.07) is 10.2. The zero-order valence-corrected chi connectivity index (χ0v) is 13.3. The van der Waals surface area contributed by atoms with E-state index in [1.54, 1.807) is 0 Å². The average molecular weight is 308 g/mol. The molecular formula is C17H24O3S. The highest BCUT2D eigenvalue weighted by atomic mass is 32.2. The Morgan fingerprint density at radius 1 is 1.19 bits per heavy atom. The van der Waals surface area contributed by atoms with E-state index in [2.05, 4.69) is 12.1 Å². The second-order valence-corrected chi connectivity index (χ2v) is 9.17. The molecule has 2 saturated carbocycles. The fourth-order valence-corrected chi connectivity index (χ4v) is 5.16. The van der Waals surface area contributed by atoms with Crippen molar-refractivity contribution in [2.24, 2.45) is 5.92 Å². The van der Waals surface area contributed by atoms with Crippen molar-refractivity contribution in [3.05, 3.63) is 35.9 Å². The Morgan fingerprint density at radius 3 is 2.43 bits per heavy atom. The standard InChI is InChI=1S/C17H24O3S/c1-21(19,20)15-9-5-6-13(12-15)16(18)17(10-11-17)14-7-3-2-4-8-14/h2-4,7-8,13,15-16,18H,5-6,9-12H2,1H3. The van der Waals surface area contributed by atoms with Gasteiger partial charge in [0.2, 0.25) is 0 Å². The Labute approximate surface area is 127 Å². The minimum atomic E-state index is -2.99. The van der Waals surface area contributed by atoms with E-state index in [1.165, 1.54) is 11.8 Å². The number of sulfone groups is 1. The summed E-state index contributed by atoms with van der Waals surface area (Å²) < 4.78 is 23.6. The van der Waals surface area contributed by atoms with Crippen LogP contribution < -0.4 is 0 Å². The van der Waals surface area contributed by atoms with Crippen molar-refractivity contribution < 1.29 is 13.5 Å². The van der Waals surface area contributed by atoms with Crippen LogP contribution in [-0.4, -0.2) is 31.1 Å². The Bertz CT molecular complexity index is 590. The predicted molar refractivity (Wildman–Crippen MR) is 84.0 cm³/mol. The van der Waals surface area contributed by atoms with Gasteiger partial charge in [-0.25, -0.2) is 8.42 Å². The first-order valence-corrected chi connectivity index (χ1v) is 9.81. The molecule has 0 heterocycles. The quantitative estimate of drug-likeness (QED) is 0.930.